The van der Waals surface area contributed by atoms with E-state index in [0.29, 0.717) is 25.1 Å². The molecule has 0 aliphatic heterocycles. The van der Waals surface area contributed by atoms with E-state index in [-0.39, 0.29) is 11.4 Å². The van der Waals surface area contributed by atoms with Crippen molar-refractivity contribution in [2.45, 2.75) is 25.4 Å². The third kappa shape index (κ3) is 5.38. The topological polar surface area (TPSA) is 49.3 Å². The van der Waals surface area contributed by atoms with Crippen molar-refractivity contribution in [3.8, 4) is 0 Å². The first kappa shape index (κ1) is 15.6. The van der Waals surface area contributed by atoms with Gasteiger partial charge in [0.15, 0.2) is 0 Å². The van der Waals surface area contributed by atoms with Crippen molar-refractivity contribution in [1.29, 1.82) is 0 Å². The zero-order valence-corrected chi connectivity index (χ0v) is 10.7. The molecule has 1 aromatic rings. The summed E-state index contributed by atoms with van der Waals surface area (Å²) in [5.41, 5.74) is -0.572. The summed E-state index contributed by atoms with van der Waals surface area (Å²) in [5.74, 6) is -0.883. The minimum absolute atomic E-state index is 0.0517. The molecule has 2 N–H and O–H groups in total. The molecule has 0 aromatic heterocycles. The zero-order valence-electron chi connectivity index (χ0n) is 9.93. The molecule has 0 aliphatic rings. The van der Waals surface area contributed by atoms with Gasteiger partial charge in [-0.25, -0.2) is 0 Å². The molecular formula is C12H13ClF3NO2. The van der Waals surface area contributed by atoms with Crippen LogP contribution in [0.2, 0.25) is 5.02 Å². The van der Waals surface area contributed by atoms with Crippen LogP contribution >= 0.6 is 11.6 Å². The monoisotopic (exact) mass is 295 g/mol. The molecule has 0 fully saturated rings. The fourth-order valence-electron chi connectivity index (χ4n) is 1.49. The lowest BCUT2D eigenvalue weighted by atomic mass is 10.2. The molecular weight excluding hydrogens is 283 g/mol. The fourth-order valence-corrected chi connectivity index (χ4v) is 1.71. The summed E-state index contributed by atoms with van der Waals surface area (Å²) in [7, 11) is 0. The summed E-state index contributed by atoms with van der Waals surface area (Å²) in [6.07, 6.45) is -3.40. The van der Waals surface area contributed by atoms with Crippen molar-refractivity contribution in [2.24, 2.45) is 0 Å². The van der Waals surface area contributed by atoms with E-state index < -0.39 is 17.7 Å². The largest absolute Gasteiger partial charge is 0.481 e. The van der Waals surface area contributed by atoms with Crippen LogP contribution in [0.1, 0.15) is 24.8 Å². The molecule has 0 aliphatic carbocycles. The van der Waals surface area contributed by atoms with Gasteiger partial charge >= 0.3 is 12.1 Å². The summed E-state index contributed by atoms with van der Waals surface area (Å²) >= 11 is 5.49. The molecule has 0 amide bonds. The summed E-state index contributed by atoms with van der Waals surface area (Å²) in [5, 5.41) is 10.9. The number of carboxylic acid groups (broad SMARTS) is 1. The van der Waals surface area contributed by atoms with Gasteiger partial charge in [0.05, 0.1) is 10.6 Å². The van der Waals surface area contributed by atoms with Gasteiger partial charge in [0.2, 0.25) is 0 Å². The maximum Gasteiger partial charge on any atom is 0.417 e. The van der Waals surface area contributed by atoms with E-state index >= 15 is 0 Å². The lowest BCUT2D eigenvalue weighted by molar-refractivity contribution is -0.138. The second-order valence-corrected chi connectivity index (χ2v) is 4.38. The van der Waals surface area contributed by atoms with Crippen LogP contribution in [0.15, 0.2) is 18.2 Å². The van der Waals surface area contributed by atoms with Crippen LogP contribution in [0, 0.1) is 0 Å². The van der Waals surface area contributed by atoms with E-state index in [9.17, 15) is 18.0 Å². The Morgan fingerprint density at radius 1 is 1.32 bits per heavy atom. The van der Waals surface area contributed by atoms with Gasteiger partial charge in [0.1, 0.15) is 0 Å². The van der Waals surface area contributed by atoms with Crippen molar-refractivity contribution >= 4 is 23.3 Å². The van der Waals surface area contributed by atoms with Crippen LogP contribution in [-0.4, -0.2) is 17.6 Å². The zero-order chi connectivity index (χ0) is 14.5. The Hall–Kier alpha value is -1.43. The molecule has 106 valence electrons. The number of anilines is 1. The van der Waals surface area contributed by atoms with Gasteiger partial charge in [-0.05, 0) is 31.0 Å². The minimum atomic E-state index is -4.49. The first-order chi connectivity index (χ1) is 8.80. The third-order valence-electron chi connectivity index (χ3n) is 2.42. The molecule has 0 heterocycles. The minimum Gasteiger partial charge on any atom is -0.481 e. The summed E-state index contributed by atoms with van der Waals surface area (Å²) in [6, 6.07) is 3.58. The van der Waals surface area contributed by atoms with Gasteiger partial charge in [-0.15, -0.1) is 0 Å². The molecule has 1 aromatic carbocycles. The molecule has 0 radical (unpaired) electrons. The molecule has 3 nitrogen and oxygen atoms in total. The van der Waals surface area contributed by atoms with Crippen LogP contribution in [0.4, 0.5) is 18.9 Å². The van der Waals surface area contributed by atoms with Gasteiger partial charge in [0, 0.05) is 18.7 Å². The number of carbonyl (C=O) groups is 1. The van der Waals surface area contributed by atoms with Crippen molar-refractivity contribution in [3.63, 3.8) is 0 Å². The van der Waals surface area contributed by atoms with Crippen LogP contribution in [0.5, 0.6) is 0 Å². The average molecular weight is 296 g/mol. The van der Waals surface area contributed by atoms with E-state index in [1.165, 1.54) is 12.1 Å². The van der Waals surface area contributed by atoms with Crippen molar-refractivity contribution in [2.75, 3.05) is 11.9 Å². The predicted molar refractivity (Wildman–Crippen MR) is 66.4 cm³/mol. The second kappa shape index (κ2) is 6.65. The number of benzene rings is 1. The van der Waals surface area contributed by atoms with E-state index in [0.717, 1.165) is 6.07 Å². The summed E-state index contributed by atoms with van der Waals surface area (Å²) in [4.78, 5) is 10.3. The molecule has 0 atom stereocenters. The SMILES string of the molecule is O=C(O)CCCCNc1ccc(Cl)c(C(F)(F)F)c1. The van der Waals surface area contributed by atoms with Crippen molar-refractivity contribution in [1.82, 2.24) is 0 Å². The number of aliphatic carboxylic acids is 1. The average Bonchev–Trinajstić information content (AvgIpc) is 2.28. The highest BCUT2D eigenvalue weighted by atomic mass is 35.5. The summed E-state index contributed by atoms with van der Waals surface area (Å²) < 4.78 is 37.7. The van der Waals surface area contributed by atoms with Crippen LogP contribution in [0.3, 0.4) is 0 Å². The Bertz CT molecular complexity index is 449. The van der Waals surface area contributed by atoms with Crippen LogP contribution < -0.4 is 5.32 Å². The quantitative estimate of drug-likeness (QED) is 0.779. The highest BCUT2D eigenvalue weighted by Gasteiger charge is 2.33. The predicted octanol–water partition coefficient (Wildman–Crippen LogP) is 4.03. The lowest BCUT2D eigenvalue weighted by Crippen LogP contribution is -2.08. The lowest BCUT2D eigenvalue weighted by Gasteiger charge is -2.12. The number of nitrogens with one attached hydrogen (secondary N) is 1. The van der Waals surface area contributed by atoms with Crippen molar-refractivity contribution < 1.29 is 23.1 Å². The smallest absolute Gasteiger partial charge is 0.417 e. The molecule has 7 heteroatoms. The molecule has 1 rings (SSSR count). The number of hydrogen-bond donors (Lipinski definition) is 2. The highest BCUT2D eigenvalue weighted by molar-refractivity contribution is 6.31. The Kier molecular flexibility index (Phi) is 5.47. The van der Waals surface area contributed by atoms with E-state index in [4.69, 9.17) is 16.7 Å². The normalized spacial score (nSPS) is 11.4. The number of rotatable bonds is 6. The van der Waals surface area contributed by atoms with Crippen molar-refractivity contribution in [3.05, 3.63) is 28.8 Å². The van der Waals surface area contributed by atoms with Crippen LogP contribution in [-0.2, 0) is 11.0 Å². The Balaban J connectivity index is 2.53. The van der Waals surface area contributed by atoms with E-state index in [2.05, 4.69) is 5.32 Å². The highest BCUT2D eigenvalue weighted by Crippen LogP contribution is 2.36. The number of unbranched alkanes of at least 4 members (excludes halogenated alkanes) is 1. The molecule has 0 spiro atoms. The number of hydrogen-bond acceptors (Lipinski definition) is 2. The number of carboxylic acids is 1. The standard InChI is InChI=1S/C12H13ClF3NO2/c13-10-5-4-8(7-9(10)12(14,15)16)17-6-2-1-3-11(18)19/h4-5,7,17H,1-3,6H2,(H,18,19). The maximum absolute atomic E-state index is 12.6. The first-order valence-corrected chi connectivity index (χ1v) is 6.01. The molecule has 19 heavy (non-hydrogen) atoms. The summed E-state index contributed by atoms with van der Waals surface area (Å²) in [6.45, 7) is 0.409. The van der Waals surface area contributed by atoms with E-state index in [1.807, 2.05) is 0 Å². The first-order valence-electron chi connectivity index (χ1n) is 5.63. The van der Waals surface area contributed by atoms with Gasteiger partial charge in [-0.3, -0.25) is 4.79 Å². The second-order valence-electron chi connectivity index (χ2n) is 3.97. The third-order valence-corrected chi connectivity index (χ3v) is 2.75. The van der Waals surface area contributed by atoms with Gasteiger partial charge in [-0.1, -0.05) is 11.6 Å². The van der Waals surface area contributed by atoms with Crippen LogP contribution in [0.25, 0.3) is 0 Å². The fraction of sp³-hybridized carbons (Fsp3) is 0.417. The molecule has 0 unspecified atom stereocenters. The Morgan fingerprint density at radius 3 is 2.58 bits per heavy atom. The number of alkyl halides is 3. The van der Waals surface area contributed by atoms with Gasteiger partial charge in [-0.2, -0.15) is 13.2 Å². The molecule has 0 saturated heterocycles. The number of halogens is 4. The molecule has 0 bridgehead atoms. The Labute approximate surface area is 113 Å². The molecule has 0 saturated carbocycles. The van der Waals surface area contributed by atoms with Gasteiger partial charge < -0.3 is 10.4 Å². The Morgan fingerprint density at radius 2 is 2.00 bits per heavy atom. The van der Waals surface area contributed by atoms with E-state index in [1.54, 1.807) is 0 Å². The maximum atomic E-state index is 12.6. The van der Waals surface area contributed by atoms with Gasteiger partial charge in [0.25, 0.3) is 0 Å².